The van der Waals surface area contributed by atoms with Crippen LogP contribution in [0.25, 0.3) is 0 Å². The van der Waals surface area contributed by atoms with Crippen LogP contribution in [0.15, 0.2) is 22.7 Å². The normalized spacial score (nSPS) is 23.7. The molecule has 1 aliphatic carbocycles. The van der Waals surface area contributed by atoms with E-state index in [4.69, 9.17) is 5.73 Å². The summed E-state index contributed by atoms with van der Waals surface area (Å²) in [5, 5.41) is 2.89. The van der Waals surface area contributed by atoms with Gasteiger partial charge in [0.25, 0.3) is 5.91 Å². The van der Waals surface area contributed by atoms with Gasteiger partial charge in [-0.05, 0) is 47.0 Å². The van der Waals surface area contributed by atoms with Gasteiger partial charge < -0.3 is 11.1 Å². The molecule has 2 unspecified atom stereocenters. The van der Waals surface area contributed by atoms with Crippen molar-refractivity contribution in [3.63, 3.8) is 0 Å². The molecule has 1 aromatic rings. The number of aryl methyl sites for hydroxylation is 1. The van der Waals surface area contributed by atoms with Gasteiger partial charge in [0.2, 0.25) is 0 Å². The molecule has 2 atom stereocenters. The number of carbonyl (C=O) groups is 1. The van der Waals surface area contributed by atoms with Crippen molar-refractivity contribution in [1.29, 1.82) is 0 Å². The van der Waals surface area contributed by atoms with Crippen LogP contribution < -0.4 is 11.1 Å². The van der Waals surface area contributed by atoms with Gasteiger partial charge in [-0.3, -0.25) is 4.79 Å². The molecule has 0 aliphatic heterocycles. The van der Waals surface area contributed by atoms with Gasteiger partial charge in [-0.15, -0.1) is 0 Å². The largest absolute Gasteiger partial charge is 0.348 e. The highest BCUT2D eigenvalue weighted by atomic mass is 79.9. The molecule has 3 N–H and O–H groups in total. The number of nitrogens with one attached hydrogen (secondary N) is 1. The number of hydrogen-bond acceptors (Lipinski definition) is 2. The summed E-state index contributed by atoms with van der Waals surface area (Å²) in [7, 11) is 0. The zero-order chi connectivity index (χ0) is 11.0. The molecule has 1 aliphatic rings. The molecule has 80 valence electrons. The van der Waals surface area contributed by atoms with Gasteiger partial charge >= 0.3 is 0 Å². The summed E-state index contributed by atoms with van der Waals surface area (Å²) in [5.41, 5.74) is 7.42. The van der Waals surface area contributed by atoms with Crippen LogP contribution in [0.5, 0.6) is 0 Å². The number of halogens is 1. The highest BCUT2D eigenvalue weighted by Crippen LogP contribution is 2.22. The molecule has 0 bridgehead atoms. The van der Waals surface area contributed by atoms with E-state index in [-0.39, 0.29) is 18.0 Å². The van der Waals surface area contributed by atoms with Crippen molar-refractivity contribution in [3.8, 4) is 0 Å². The SMILES string of the molecule is Cc1ccc(C(=O)NC2CC2N)c(Br)c1. The summed E-state index contributed by atoms with van der Waals surface area (Å²) < 4.78 is 0.828. The van der Waals surface area contributed by atoms with E-state index in [1.165, 1.54) is 0 Å². The molecule has 2 rings (SSSR count). The first kappa shape index (κ1) is 10.6. The molecular weight excluding hydrogens is 256 g/mol. The summed E-state index contributed by atoms with van der Waals surface area (Å²) in [5.74, 6) is -0.0557. The second kappa shape index (κ2) is 3.94. The van der Waals surface area contributed by atoms with E-state index < -0.39 is 0 Å². The molecule has 0 aromatic heterocycles. The Hall–Kier alpha value is -0.870. The van der Waals surface area contributed by atoms with Crippen molar-refractivity contribution in [1.82, 2.24) is 5.32 Å². The first-order valence-corrected chi connectivity index (χ1v) is 5.70. The lowest BCUT2D eigenvalue weighted by Crippen LogP contribution is -2.29. The lowest BCUT2D eigenvalue weighted by Gasteiger charge is -2.06. The molecule has 0 radical (unpaired) electrons. The maximum atomic E-state index is 11.8. The minimum atomic E-state index is -0.0557. The number of rotatable bonds is 2. The average Bonchev–Trinajstić information content (AvgIpc) is 2.81. The first-order chi connectivity index (χ1) is 7.08. The zero-order valence-corrected chi connectivity index (χ0v) is 10.0. The molecule has 1 amide bonds. The first-order valence-electron chi connectivity index (χ1n) is 4.90. The van der Waals surface area contributed by atoms with E-state index in [0.29, 0.717) is 5.56 Å². The van der Waals surface area contributed by atoms with Crippen molar-refractivity contribution in [2.45, 2.75) is 25.4 Å². The Balaban J connectivity index is 2.11. The molecule has 15 heavy (non-hydrogen) atoms. The van der Waals surface area contributed by atoms with E-state index in [2.05, 4.69) is 21.2 Å². The van der Waals surface area contributed by atoms with Crippen LogP contribution >= 0.6 is 15.9 Å². The Morgan fingerprint density at radius 1 is 1.60 bits per heavy atom. The quantitative estimate of drug-likeness (QED) is 0.856. The number of carbonyl (C=O) groups excluding carboxylic acids is 1. The number of nitrogens with two attached hydrogens (primary N) is 1. The minimum absolute atomic E-state index is 0.0557. The van der Waals surface area contributed by atoms with Gasteiger partial charge in [0.15, 0.2) is 0 Å². The third kappa shape index (κ3) is 2.38. The average molecular weight is 269 g/mol. The standard InChI is InChI=1S/C11H13BrN2O/c1-6-2-3-7(8(12)4-6)11(15)14-10-5-9(10)13/h2-4,9-10H,5,13H2,1H3,(H,14,15). The van der Waals surface area contributed by atoms with E-state index in [1.54, 1.807) is 0 Å². The van der Waals surface area contributed by atoms with E-state index in [0.717, 1.165) is 16.5 Å². The summed E-state index contributed by atoms with van der Waals surface area (Å²) >= 11 is 3.38. The third-order valence-corrected chi connectivity index (χ3v) is 3.18. The monoisotopic (exact) mass is 268 g/mol. The van der Waals surface area contributed by atoms with E-state index in [9.17, 15) is 4.79 Å². The predicted octanol–water partition coefficient (Wildman–Crippen LogP) is 1.59. The summed E-state index contributed by atoms with van der Waals surface area (Å²) in [4.78, 5) is 11.8. The number of hydrogen-bond donors (Lipinski definition) is 2. The molecule has 4 heteroatoms. The van der Waals surface area contributed by atoms with Crippen molar-refractivity contribution in [2.24, 2.45) is 5.73 Å². The molecule has 0 spiro atoms. The van der Waals surface area contributed by atoms with Gasteiger partial charge in [0, 0.05) is 16.6 Å². The third-order valence-electron chi connectivity index (χ3n) is 2.53. The van der Waals surface area contributed by atoms with Crippen molar-refractivity contribution >= 4 is 21.8 Å². The minimum Gasteiger partial charge on any atom is -0.348 e. The Labute approximate surface area is 97.2 Å². The van der Waals surface area contributed by atoms with Gasteiger partial charge in [-0.1, -0.05) is 6.07 Å². The second-order valence-electron chi connectivity index (χ2n) is 3.96. The van der Waals surface area contributed by atoms with Gasteiger partial charge in [0.05, 0.1) is 5.56 Å². The van der Waals surface area contributed by atoms with E-state index in [1.807, 2.05) is 25.1 Å². The fourth-order valence-corrected chi connectivity index (χ4v) is 2.10. The van der Waals surface area contributed by atoms with Crippen LogP contribution in [-0.4, -0.2) is 18.0 Å². The maximum absolute atomic E-state index is 11.8. The Bertz CT molecular complexity index is 406. The Morgan fingerprint density at radius 3 is 2.80 bits per heavy atom. The molecule has 1 saturated carbocycles. The highest BCUT2D eigenvalue weighted by Gasteiger charge is 2.35. The smallest absolute Gasteiger partial charge is 0.252 e. The van der Waals surface area contributed by atoms with Crippen molar-refractivity contribution in [3.05, 3.63) is 33.8 Å². The lowest BCUT2D eigenvalue weighted by molar-refractivity contribution is 0.0949. The molecule has 0 heterocycles. The van der Waals surface area contributed by atoms with E-state index >= 15 is 0 Å². The molecule has 1 fully saturated rings. The maximum Gasteiger partial charge on any atom is 0.252 e. The molecular formula is C11H13BrN2O. The number of amides is 1. The lowest BCUT2D eigenvalue weighted by atomic mass is 10.1. The Kier molecular flexibility index (Phi) is 2.80. The zero-order valence-electron chi connectivity index (χ0n) is 8.46. The van der Waals surface area contributed by atoms with Crippen molar-refractivity contribution in [2.75, 3.05) is 0 Å². The summed E-state index contributed by atoms with van der Waals surface area (Å²) in [6, 6.07) is 5.97. The predicted molar refractivity (Wildman–Crippen MR) is 62.7 cm³/mol. The molecule has 0 saturated heterocycles. The fraction of sp³-hybridized carbons (Fsp3) is 0.364. The van der Waals surface area contributed by atoms with Gasteiger partial charge in [-0.2, -0.15) is 0 Å². The molecule has 3 nitrogen and oxygen atoms in total. The topological polar surface area (TPSA) is 55.1 Å². The van der Waals surface area contributed by atoms with Crippen LogP contribution in [0.1, 0.15) is 22.3 Å². The van der Waals surface area contributed by atoms with Crippen molar-refractivity contribution < 1.29 is 4.79 Å². The highest BCUT2D eigenvalue weighted by molar-refractivity contribution is 9.10. The molecule has 1 aromatic carbocycles. The number of benzene rings is 1. The summed E-state index contributed by atoms with van der Waals surface area (Å²) in [6.07, 6.45) is 0.884. The van der Waals surface area contributed by atoms with Crippen LogP contribution in [-0.2, 0) is 0 Å². The second-order valence-corrected chi connectivity index (χ2v) is 4.82. The summed E-state index contributed by atoms with van der Waals surface area (Å²) in [6.45, 7) is 1.99. The Morgan fingerprint density at radius 2 is 2.27 bits per heavy atom. The van der Waals surface area contributed by atoms with Crippen LogP contribution in [0.4, 0.5) is 0 Å². The van der Waals surface area contributed by atoms with Crippen LogP contribution in [0.2, 0.25) is 0 Å². The van der Waals surface area contributed by atoms with Crippen LogP contribution in [0.3, 0.4) is 0 Å². The fourth-order valence-electron chi connectivity index (χ4n) is 1.43. The van der Waals surface area contributed by atoms with Gasteiger partial charge in [-0.25, -0.2) is 0 Å². The van der Waals surface area contributed by atoms with Gasteiger partial charge in [0.1, 0.15) is 0 Å². The van der Waals surface area contributed by atoms with Crippen LogP contribution in [0, 0.1) is 6.92 Å².